The van der Waals surface area contributed by atoms with Gasteiger partial charge in [0.05, 0.1) is 19.1 Å². The molecule has 3 aromatic carbocycles. The van der Waals surface area contributed by atoms with Gasteiger partial charge in [-0.05, 0) is 54.7 Å². The molecule has 4 heterocycles. The number of carboxylic acid groups (broad SMARTS) is 1. The SMILES string of the molecule is CC(C)Cc1c2c(cc3c1O[C@@H]1c4cc(OO[C@H]5[C@H](OCCN)O[C@H](COC(=O)CC(=O)O)[C@@H](OCCCO)[C@@H]5O)c(Cc5cccc(O)c5)cc4OC[C@H]31)O[C@@H](CO)O2. The second-order valence-corrected chi connectivity index (χ2v) is 15.4. The maximum Gasteiger partial charge on any atom is 0.317 e. The first kappa shape index (κ1) is 43.2. The van der Waals surface area contributed by atoms with Crippen LogP contribution in [0.1, 0.15) is 66.5 Å². The summed E-state index contributed by atoms with van der Waals surface area (Å²) in [5, 5.41) is 50.2. The minimum Gasteiger partial charge on any atom is -0.508 e. The van der Waals surface area contributed by atoms with Crippen molar-refractivity contribution in [3.8, 4) is 34.5 Å². The van der Waals surface area contributed by atoms with E-state index in [0.29, 0.717) is 40.5 Å². The standard InChI is InChI=1S/C42H51NO17/c1-21(2)11-27-37-25(15-31-39(27)57-35(18-45)55-31)28-19-53-30-14-23(12-22-5-3-6-24(46)13-22)29(16-26(30)38(28)58-37)59-60-41-36(50)40(51-9-4-8-44)32(56-42(41)52-10-7-43)20-54-34(49)17-33(47)48/h3,5-6,13-16,21,28,32,35-36,38,40-42,44-46,50H,4,7-12,17-20,43H2,1-2H3,(H,47,48)/t28-,32-,35-,36+,38-,40-,41-,42-/m1/s1. The number of nitrogens with two attached hydrogens (primary N) is 1. The quantitative estimate of drug-likeness (QED) is 0.0333. The largest absolute Gasteiger partial charge is 0.508 e. The molecule has 18 heteroatoms. The number of rotatable bonds is 19. The third-order valence-electron chi connectivity index (χ3n) is 10.4. The van der Waals surface area contributed by atoms with E-state index in [-0.39, 0.29) is 75.8 Å². The fourth-order valence-electron chi connectivity index (χ4n) is 7.77. The molecule has 4 aliphatic heterocycles. The lowest BCUT2D eigenvalue weighted by atomic mass is 9.86. The van der Waals surface area contributed by atoms with E-state index in [0.717, 1.165) is 16.7 Å². The molecule has 60 heavy (non-hydrogen) atoms. The van der Waals surface area contributed by atoms with Gasteiger partial charge in [-0.3, -0.25) is 9.59 Å². The Bertz CT molecular complexity index is 1990. The number of hydrogen-bond donors (Lipinski definition) is 6. The summed E-state index contributed by atoms with van der Waals surface area (Å²) in [6, 6.07) is 12.2. The summed E-state index contributed by atoms with van der Waals surface area (Å²) >= 11 is 0. The van der Waals surface area contributed by atoms with Crippen LogP contribution in [0.15, 0.2) is 42.5 Å². The van der Waals surface area contributed by atoms with Crippen LogP contribution in [0, 0.1) is 5.92 Å². The van der Waals surface area contributed by atoms with Gasteiger partial charge in [0.25, 0.3) is 6.29 Å². The summed E-state index contributed by atoms with van der Waals surface area (Å²) in [5.41, 5.74) is 9.44. The van der Waals surface area contributed by atoms with Crippen LogP contribution in [0.5, 0.6) is 34.5 Å². The number of carboxylic acids is 1. The molecule has 0 aromatic heterocycles. The monoisotopic (exact) mass is 841 g/mol. The van der Waals surface area contributed by atoms with Crippen LogP contribution in [-0.2, 0) is 46.3 Å². The molecule has 18 nitrogen and oxygen atoms in total. The lowest BCUT2D eigenvalue weighted by molar-refractivity contribution is -0.375. The van der Waals surface area contributed by atoms with Gasteiger partial charge in [-0.1, -0.05) is 26.0 Å². The van der Waals surface area contributed by atoms with Crippen molar-refractivity contribution >= 4 is 11.9 Å². The van der Waals surface area contributed by atoms with Crippen LogP contribution in [0.3, 0.4) is 0 Å². The molecule has 7 rings (SSSR count). The molecule has 1 fully saturated rings. The van der Waals surface area contributed by atoms with E-state index in [1.807, 2.05) is 18.2 Å². The van der Waals surface area contributed by atoms with Crippen LogP contribution < -0.4 is 29.6 Å². The maximum absolute atomic E-state index is 12.1. The number of hydrogen-bond acceptors (Lipinski definition) is 17. The molecule has 0 bridgehead atoms. The van der Waals surface area contributed by atoms with Crippen molar-refractivity contribution in [2.24, 2.45) is 11.7 Å². The Labute approximate surface area is 345 Å². The number of benzene rings is 3. The number of ether oxygens (including phenoxy) is 8. The van der Waals surface area contributed by atoms with Crippen LogP contribution in [0.4, 0.5) is 0 Å². The van der Waals surface area contributed by atoms with Crippen molar-refractivity contribution < 1.29 is 82.8 Å². The number of aliphatic carboxylic acids is 1. The highest BCUT2D eigenvalue weighted by atomic mass is 17.2. The molecule has 1 saturated heterocycles. The number of aromatic hydroxyl groups is 1. The van der Waals surface area contributed by atoms with Crippen LogP contribution >= 0.6 is 0 Å². The number of aliphatic hydroxyl groups is 3. The van der Waals surface area contributed by atoms with E-state index < -0.39 is 68.1 Å². The number of phenols is 1. The molecular formula is C42H51NO17. The fraction of sp³-hybridized carbons (Fsp3) is 0.524. The predicted molar refractivity (Wildman–Crippen MR) is 206 cm³/mol. The number of esters is 1. The Balaban J connectivity index is 1.20. The predicted octanol–water partition coefficient (Wildman–Crippen LogP) is 2.41. The number of fused-ring (bicyclic) bond motifs is 6. The summed E-state index contributed by atoms with van der Waals surface area (Å²) in [4.78, 5) is 35.3. The number of carbonyl (C=O) groups excluding carboxylic acids is 1. The van der Waals surface area contributed by atoms with E-state index in [1.165, 1.54) is 0 Å². The van der Waals surface area contributed by atoms with E-state index >= 15 is 0 Å². The Hall–Kier alpha value is -4.92. The molecule has 0 unspecified atom stereocenters. The number of phenolic OH excluding ortho intramolecular Hbond substituents is 1. The summed E-state index contributed by atoms with van der Waals surface area (Å²) in [5.74, 6) is 0.130. The Morgan fingerprint density at radius 2 is 1.80 bits per heavy atom. The van der Waals surface area contributed by atoms with Crippen molar-refractivity contribution in [3.63, 3.8) is 0 Å². The highest BCUT2D eigenvalue weighted by Crippen LogP contribution is 2.58. The topological polar surface area (TPSA) is 254 Å². The molecule has 0 saturated carbocycles. The Kier molecular flexibility index (Phi) is 13.8. The second-order valence-electron chi connectivity index (χ2n) is 15.4. The average Bonchev–Trinajstić information content (AvgIpc) is 3.81. The normalized spacial score (nSPS) is 24.9. The first-order valence-electron chi connectivity index (χ1n) is 19.9. The third-order valence-corrected chi connectivity index (χ3v) is 10.4. The molecule has 326 valence electrons. The smallest absolute Gasteiger partial charge is 0.317 e. The Morgan fingerprint density at radius 1 is 0.967 bits per heavy atom. The molecule has 0 spiro atoms. The molecule has 0 aliphatic carbocycles. The molecular weight excluding hydrogens is 790 g/mol. The minimum absolute atomic E-state index is 0.0188. The fourth-order valence-corrected chi connectivity index (χ4v) is 7.77. The van der Waals surface area contributed by atoms with Gasteiger partial charge in [-0.15, -0.1) is 0 Å². The van der Waals surface area contributed by atoms with Gasteiger partial charge in [-0.2, -0.15) is 4.89 Å². The third kappa shape index (κ3) is 9.50. The van der Waals surface area contributed by atoms with Crippen molar-refractivity contribution in [1.29, 1.82) is 0 Å². The molecule has 7 N–H and O–H groups in total. The lowest BCUT2D eigenvalue weighted by Gasteiger charge is -2.42. The zero-order valence-corrected chi connectivity index (χ0v) is 33.2. The first-order chi connectivity index (χ1) is 29.0. The summed E-state index contributed by atoms with van der Waals surface area (Å²) in [6.45, 7) is 3.47. The Morgan fingerprint density at radius 3 is 2.53 bits per heavy atom. The van der Waals surface area contributed by atoms with Crippen LogP contribution in [0.2, 0.25) is 0 Å². The highest BCUT2D eigenvalue weighted by molar-refractivity contribution is 5.90. The van der Waals surface area contributed by atoms with Crippen molar-refractivity contribution in [1.82, 2.24) is 0 Å². The second kappa shape index (κ2) is 19.2. The molecule has 0 radical (unpaired) electrons. The van der Waals surface area contributed by atoms with E-state index in [2.05, 4.69) is 13.8 Å². The number of carbonyl (C=O) groups is 2. The van der Waals surface area contributed by atoms with Gasteiger partial charge in [-0.25, -0.2) is 0 Å². The van der Waals surface area contributed by atoms with Crippen molar-refractivity contribution in [2.45, 2.75) is 88.5 Å². The zero-order valence-electron chi connectivity index (χ0n) is 33.2. The van der Waals surface area contributed by atoms with Gasteiger partial charge in [0, 0.05) is 48.4 Å². The molecule has 4 aliphatic rings. The summed E-state index contributed by atoms with van der Waals surface area (Å²) in [7, 11) is 0. The first-order valence-corrected chi connectivity index (χ1v) is 19.9. The van der Waals surface area contributed by atoms with Gasteiger partial charge < -0.3 is 74.0 Å². The lowest BCUT2D eigenvalue weighted by Crippen LogP contribution is -2.61. The summed E-state index contributed by atoms with van der Waals surface area (Å²) < 4.78 is 48.1. The van der Waals surface area contributed by atoms with Crippen molar-refractivity contribution in [2.75, 3.05) is 46.2 Å². The van der Waals surface area contributed by atoms with E-state index in [9.17, 15) is 30.0 Å². The highest BCUT2D eigenvalue weighted by Gasteiger charge is 2.50. The van der Waals surface area contributed by atoms with Gasteiger partial charge >= 0.3 is 11.9 Å². The average molecular weight is 842 g/mol. The van der Waals surface area contributed by atoms with Gasteiger partial charge in [0.2, 0.25) is 0 Å². The van der Waals surface area contributed by atoms with Crippen LogP contribution in [0.25, 0.3) is 0 Å². The van der Waals surface area contributed by atoms with Crippen LogP contribution in [-0.4, -0.2) is 121 Å². The zero-order chi connectivity index (χ0) is 42.5. The molecule has 0 amide bonds. The molecule has 8 atom stereocenters. The van der Waals surface area contributed by atoms with Gasteiger partial charge in [0.15, 0.2) is 29.6 Å². The number of aliphatic hydroxyl groups excluding tert-OH is 3. The maximum atomic E-state index is 12.1. The molecule has 3 aromatic rings. The summed E-state index contributed by atoms with van der Waals surface area (Å²) in [6.07, 6.45) is -7.75. The van der Waals surface area contributed by atoms with E-state index in [1.54, 1.807) is 24.3 Å². The van der Waals surface area contributed by atoms with Crippen molar-refractivity contribution in [3.05, 3.63) is 70.3 Å². The van der Waals surface area contributed by atoms with Gasteiger partial charge in [0.1, 0.15) is 61.3 Å². The minimum atomic E-state index is -1.54. The van der Waals surface area contributed by atoms with E-state index in [4.69, 9.17) is 58.5 Å².